The summed E-state index contributed by atoms with van der Waals surface area (Å²) >= 11 is 0. The molecule has 0 saturated carbocycles. The number of nitrogens with one attached hydrogen (secondary N) is 2. The first-order valence-electron chi connectivity index (χ1n) is 8.79. The van der Waals surface area contributed by atoms with Crippen LogP contribution in [0.2, 0.25) is 0 Å². The molecule has 2 aliphatic heterocycles. The number of carbonyl (C=O) groups is 1. The van der Waals surface area contributed by atoms with E-state index in [-0.39, 0.29) is 17.9 Å². The smallest absolute Gasteiger partial charge is 0.319 e. The van der Waals surface area contributed by atoms with Gasteiger partial charge in [-0.25, -0.2) is 13.2 Å². The molecule has 0 aromatic heterocycles. The third kappa shape index (κ3) is 4.24. The van der Waals surface area contributed by atoms with Gasteiger partial charge in [0.05, 0.1) is 17.5 Å². The quantitative estimate of drug-likeness (QED) is 0.806. The van der Waals surface area contributed by atoms with E-state index in [1.807, 2.05) is 13.0 Å². The number of urea groups is 1. The Morgan fingerprint density at radius 1 is 1.40 bits per heavy atom. The molecule has 138 valence electrons. The van der Waals surface area contributed by atoms with Gasteiger partial charge in [0.25, 0.3) is 0 Å². The Kier molecular flexibility index (Phi) is 5.48. The molecule has 0 bridgehead atoms. The number of rotatable bonds is 6. The fourth-order valence-corrected chi connectivity index (χ4v) is 4.85. The van der Waals surface area contributed by atoms with Crippen molar-refractivity contribution in [2.45, 2.75) is 38.7 Å². The highest BCUT2D eigenvalue weighted by Gasteiger charge is 2.29. The first-order valence-corrected chi connectivity index (χ1v) is 10.4. The second-order valence-corrected chi connectivity index (χ2v) is 8.46. The molecule has 2 aliphatic rings. The van der Waals surface area contributed by atoms with Crippen molar-refractivity contribution in [3.63, 3.8) is 0 Å². The molecule has 2 N–H and O–H groups in total. The molecule has 2 heterocycles. The number of hydrogen-bond acceptors (Lipinski definition) is 4. The predicted octanol–water partition coefficient (Wildman–Crippen LogP) is 2.09. The lowest BCUT2D eigenvalue weighted by Gasteiger charge is -2.20. The number of hydrogen-bond donors (Lipinski definition) is 2. The van der Waals surface area contributed by atoms with Gasteiger partial charge < -0.3 is 15.4 Å². The Morgan fingerprint density at radius 2 is 2.24 bits per heavy atom. The van der Waals surface area contributed by atoms with E-state index in [1.54, 1.807) is 12.1 Å². The molecule has 1 fully saturated rings. The highest BCUT2D eigenvalue weighted by molar-refractivity contribution is 7.92. The number of nitrogens with zero attached hydrogens (tertiary/aromatic N) is 1. The third-order valence-electron chi connectivity index (χ3n) is 4.51. The lowest BCUT2D eigenvalue weighted by atomic mass is 10.1. The molecule has 1 saturated heterocycles. The lowest BCUT2D eigenvalue weighted by Crippen LogP contribution is -2.35. The Labute approximate surface area is 148 Å². The van der Waals surface area contributed by atoms with Crippen molar-refractivity contribution >= 4 is 27.4 Å². The van der Waals surface area contributed by atoms with Crippen molar-refractivity contribution in [2.24, 2.45) is 0 Å². The lowest BCUT2D eigenvalue weighted by molar-refractivity contribution is 0.112. The number of ether oxygens (including phenoxy) is 1. The van der Waals surface area contributed by atoms with Gasteiger partial charge in [0.1, 0.15) is 0 Å². The van der Waals surface area contributed by atoms with E-state index in [0.717, 1.165) is 25.0 Å². The molecular formula is C17H25N3O4S. The SMILES string of the molecule is CCCS(=O)(=O)N1CCc2ccc(NC(=O)NCC3CCCO3)cc21. The van der Waals surface area contributed by atoms with Crippen LogP contribution in [0.1, 0.15) is 31.7 Å². The Balaban J connectivity index is 1.65. The highest BCUT2D eigenvalue weighted by atomic mass is 32.2. The van der Waals surface area contributed by atoms with Crippen LogP contribution in [0.4, 0.5) is 16.2 Å². The molecule has 2 amide bonds. The molecule has 1 aromatic rings. The number of sulfonamides is 1. The Morgan fingerprint density at radius 3 is 2.96 bits per heavy atom. The van der Waals surface area contributed by atoms with E-state index in [4.69, 9.17) is 4.74 Å². The maximum Gasteiger partial charge on any atom is 0.319 e. The topological polar surface area (TPSA) is 87.7 Å². The summed E-state index contributed by atoms with van der Waals surface area (Å²) in [7, 11) is -3.30. The van der Waals surface area contributed by atoms with E-state index in [0.29, 0.717) is 37.3 Å². The number of fused-ring (bicyclic) bond motifs is 1. The monoisotopic (exact) mass is 367 g/mol. The van der Waals surface area contributed by atoms with Crippen LogP contribution in [0.15, 0.2) is 18.2 Å². The van der Waals surface area contributed by atoms with Crippen LogP contribution in [-0.4, -0.2) is 46.0 Å². The van der Waals surface area contributed by atoms with Crippen molar-refractivity contribution in [2.75, 3.05) is 35.1 Å². The van der Waals surface area contributed by atoms with Crippen LogP contribution < -0.4 is 14.9 Å². The summed E-state index contributed by atoms with van der Waals surface area (Å²) in [5.74, 6) is 0.131. The second kappa shape index (κ2) is 7.61. The minimum absolute atomic E-state index is 0.0837. The van der Waals surface area contributed by atoms with Crippen LogP contribution in [0.5, 0.6) is 0 Å². The molecule has 8 heteroatoms. The first kappa shape index (κ1) is 18.0. The fourth-order valence-electron chi connectivity index (χ4n) is 3.27. The van der Waals surface area contributed by atoms with Crippen molar-refractivity contribution in [3.05, 3.63) is 23.8 Å². The maximum atomic E-state index is 12.4. The first-order chi connectivity index (χ1) is 12.0. The molecule has 1 unspecified atom stereocenters. The summed E-state index contributed by atoms with van der Waals surface area (Å²) in [6.45, 7) is 3.55. The number of anilines is 2. The predicted molar refractivity (Wildman–Crippen MR) is 97.6 cm³/mol. The van der Waals surface area contributed by atoms with E-state index >= 15 is 0 Å². The minimum Gasteiger partial charge on any atom is -0.376 e. The van der Waals surface area contributed by atoms with E-state index in [2.05, 4.69) is 10.6 Å². The molecule has 0 spiro atoms. The molecular weight excluding hydrogens is 342 g/mol. The molecule has 0 aliphatic carbocycles. The van der Waals surface area contributed by atoms with Gasteiger partial charge in [-0.05, 0) is 43.4 Å². The minimum atomic E-state index is -3.30. The van der Waals surface area contributed by atoms with Crippen molar-refractivity contribution < 1.29 is 17.9 Å². The van der Waals surface area contributed by atoms with Gasteiger partial charge in [0.2, 0.25) is 10.0 Å². The maximum absolute atomic E-state index is 12.4. The average molecular weight is 367 g/mol. The van der Waals surface area contributed by atoms with Crippen LogP contribution in [-0.2, 0) is 21.2 Å². The number of amides is 2. The molecule has 1 atom stereocenters. The summed E-state index contributed by atoms with van der Waals surface area (Å²) in [5.41, 5.74) is 2.25. The van der Waals surface area contributed by atoms with Gasteiger partial charge in [-0.2, -0.15) is 0 Å². The van der Waals surface area contributed by atoms with Crippen molar-refractivity contribution in [3.8, 4) is 0 Å². The van der Waals surface area contributed by atoms with Crippen LogP contribution in [0, 0.1) is 0 Å². The standard InChI is InChI=1S/C17H25N3O4S/c1-2-10-25(22,23)20-8-7-13-5-6-14(11-16(13)20)19-17(21)18-12-15-4-3-9-24-15/h5-6,11,15H,2-4,7-10,12H2,1H3,(H2,18,19,21). The second-order valence-electron chi connectivity index (χ2n) is 6.45. The van der Waals surface area contributed by atoms with Gasteiger partial charge in [-0.15, -0.1) is 0 Å². The van der Waals surface area contributed by atoms with E-state index in [9.17, 15) is 13.2 Å². The van der Waals surface area contributed by atoms with E-state index in [1.165, 1.54) is 4.31 Å². The number of carbonyl (C=O) groups excluding carboxylic acids is 1. The van der Waals surface area contributed by atoms with Crippen LogP contribution in [0.3, 0.4) is 0 Å². The summed E-state index contributed by atoms with van der Waals surface area (Å²) < 4.78 is 31.7. The van der Waals surface area contributed by atoms with Crippen LogP contribution >= 0.6 is 0 Å². The van der Waals surface area contributed by atoms with Crippen LogP contribution in [0.25, 0.3) is 0 Å². The number of benzene rings is 1. The zero-order chi connectivity index (χ0) is 17.9. The summed E-state index contributed by atoms with van der Waals surface area (Å²) in [4.78, 5) is 12.0. The molecule has 7 nitrogen and oxygen atoms in total. The molecule has 0 radical (unpaired) electrons. The van der Waals surface area contributed by atoms with E-state index < -0.39 is 10.0 Å². The zero-order valence-electron chi connectivity index (χ0n) is 14.5. The van der Waals surface area contributed by atoms with Crippen molar-refractivity contribution in [1.82, 2.24) is 5.32 Å². The molecule has 25 heavy (non-hydrogen) atoms. The third-order valence-corrected chi connectivity index (χ3v) is 6.48. The average Bonchev–Trinajstić information content (AvgIpc) is 3.22. The Bertz CT molecular complexity index is 729. The summed E-state index contributed by atoms with van der Waals surface area (Å²) in [6.07, 6.45) is 3.35. The molecule has 1 aromatic carbocycles. The normalized spacial score (nSPS) is 19.7. The summed E-state index contributed by atoms with van der Waals surface area (Å²) in [6, 6.07) is 5.12. The van der Waals surface area contributed by atoms with Gasteiger partial charge >= 0.3 is 6.03 Å². The van der Waals surface area contributed by atoms with Gasteiger partial charge in [-0.1, -0.05) is 13.0 Å². The fraction of sp³-hybridized carbons (Fsp3) is 0.588. The highest BCUT2D eigenvalue weighted by Crippen LogP contribution is 2.33. The Hall–Kier alpha value is -1.80. The van der Waals surface area contributed by atoms with Gasteiger partial charge in [0.15, 0.2) is 0 Å². The van der Waals surface area contributed by atoms with Gasteiger partial charge in [-0.3, -0.25) is 4.31 Å². The molecule has 3 rings (SSSR count). The van der Waals surface area contributed by atoms with Gasteiger partial charge in [0, 0.05) is 25.4 Å². The zero-order valence-corrected chi connectivity index (χ0v) is 15.3. The largest absolute Gasteiger partial charge is 0.376 e. The summed E-state index contributed by atoms with van der Waals surface area (Å²) in [5, 5.41) is 5.57. The van der Waals surface area contributed by atoms with Crippen molar-refractivity contribution in [1.29, 1.82) is 0 Å².